The highest BCUT2D eigenvalue weighted by Crippen LogP contribution is 2.35. The quantitative estimate of drug-likeness (QED) is 0.389. The molecule has 0 spiro atoms. The van der Waals surface area contributed by atoms with Gasteiger partial charge in [0.1, 0.15) is 5.76 Å². The summed E-state index contributed by atoms with van der Waals surface area (Å²) in [5, 5.41) is 9.04. The number of methoxy groups -OCH3 is 1. The van der Waals surface area contributed by atoms with Crippen LogP contribution >= 0.6 is 0 Å². The number of halogens is 3. The van der Waals surface area contributed by atoms with Gasteiger partial charge in [-0.15, -0.1) is 0 Å². The fourth-order valence-corrected chi connectivity index (χ4v) is 3.44. The van der Waals surface area contributed by atoms with Crippen molar-refractivity contribution in [2.45, 2.75) is 45.2 Å². The summed E-state index contributed by atoms with van der Waals surface area (Å²) < 4.78 is 55.9. The van der Waals surface area contributed by atoms with Crippen molar-refractivity contribution < 1.29 is 37.0 Å². The van der Waals surface area contributed by atoms with Crippen LogP contribution in [-0.4, -0.2) is 29.8 Å². The predicted molar refractivity (Wildman–Crippen MR) is 119 cm³/mol. The van der Waals surface area contributed by atoms with Crippen LogP contribution in [0.25, 0.3) is 11.5 Å². The lowest BCUT2D eigenvalue weighted by molar-refractivity contribution is -0.138. The minimum absolute atomic E-state index is 0.0119. The van der Waals surface area contributed by atoms with Crippen LogP contribution in [0.2, 0.25) is 0 Å². The van der Waals surface area contributed by atoms with Crippen LogP contribution in [0, 0.1) is 0 Å². The van der Waals surface area contributed by atoms with Gasteiger partial charge >= 0.3 is 12.1 Å². The number of ether oxygens (including phenoxy) is 2. The molecule has 34 heavy (non-hydrogen) atoms. The van der Waals surface area contributed by atoms with E-state index < -0.39 is 17.7 Å². The number of oxazole rings is 1. The number of aliphatic carboxylic acids is 1. The molecule has 9 heteroatoms. The number of benzene rings is 2. The monoisotopic (exact) mass is 477 g/mol. The van der Waals surface area contributed by atoms with Crippen LogP contribution in [0.3, 0.4) is 0 Å². The average molecular weight is 477 g/mol. The molecule has 0 aliphatic heterocycles. The summed E-state index contributed by atoms with van der Waals surface area (Å²) in [6.07, 6.45) is -4.57. The molecule has 1 atom stereocenters. The largest absolute Gasteiger partial charge is 0.493 e. The highest BCUT2D eigenvalue weighted by molar-refractivity contribution is 5.70. The summed E-state index contributed by atoms with van der Waals surface area (Å²) >= 11 is 0. The Hall–Kier alpha value is -3.49. The average Bonchev–Trinajstić information content (AvgIpc) is 3.23. The molecule has 0 amide bonds. The Kier molecular flexibility index (Phi) is 7.54. The number of carbonyl (C=O) groups is 1. The fraction of sp³-hybridized carbons (Fsp3) is 0.360. The lowest BCUT2D eigenvalue weighted by atomic mass is 10.0. The normalized spacial score (nSPS) is 12.6. The van der Waals surface area contributed by atoms with Crippen molar-refractivity contribution in [3.8, 4) is 23.0 Å². The Labute approximate surface area is 195 Å². The third kappa shape index (κ3) is 5.89. The first kappa shape index (κ1) is 25.1. The van der Waals surface area contributed by atoms with E-state index in [0.717, 1.165) is 12.1 Å². The topological polar surface area (TPSA) is 81.8 Å². The molecule has 2 aromatic carbocycles. The standard InChI is InChI=1S/C25H26F3NO5/c1-14(2)22-23(34-24(29-22)17-6-8-18(9-7-17)25(26,27)28)15(3)13-33-20-11-16(12-21(30)31)5-10-19(20)32-4/h5-11,14-15H,12-13H2,1-4H3,(H,30,31). The van der Waals surface area contributed by atoms with E-state index in [4.69, 9.17) is 19.0 Å². The molecule has 0 aliphatic rings. The predicted octanol–water partition coefficient (Wildman–Crippen LogP) is 6.30. The van der Waals surface area contributed by atoms with E-state index in [0.29, 0.717) is 34.1 Å². The van der Waals surface area contributed by atoms with E-state index in [-0.39, 0.29) is 30.8 Å². The Morgan fingerprint density at radius 2 is 1.76 bits per heavy atom. The second-order valence-corrected chi connectivity index (χ2v) is 8.27. The third-order valence-corrected chi connectivity index (χ3v) is 5.21. The SMILES string of the molecule is COc1ccc(CC(=O)O)cc1OCC(C)c1oc(-c2ccc(C(F)(F)F)cc2)nc1C(C)C. The second-order valence-electron chi connectivity index (χ2n) is 8.27. The number of rotatable bonds is 9. The van der Waals surface area contributed by atoms with E-state index in [2.05, 4.69) is 4.98 Å². The van der Waals surface area contributed by atoms with Crippen molar-refractivity contribution >= 4 is 5.97 Å². The maximum Gasteiger partial charge on any atom is 0.416 e. The van der Waals surface area contributed by atoms with Gasteiger partial charge < -0.3 is 19.0 Å². The van der Waals surface area contributed by atoms with Gasteiger partial charge in [-0.25, -0.2) is 4.98 Å². The first-order chi connectivity index (χ1) is 16.0. The van der Waals surface area contributed by atoms with Crippen molar-refractivity contribution in [2.75, 3.05) is 13.7 Å². The molecular weight excluding hydrogens is 451 g/mol. The number of hydrogen-bond donors (Lipinski definition) is 1. The molecule has 0 saturated heterocycles. The van der Waals surface area contributed by atoms with Gasteiger partial charge in [0.05, 0.1) is 37.3 Å². The fourth-order valence-electron chi connectivity index (χ4n) is 3.44. The lowest BCUT2D eigenvalue weighted by Crippen LogP contribution is -2.10. The maximum absolute atomic E-state index is 12.9. The van der Waals surface area contributed by atoms with E-state index in [1.165, 1.54) is 19.2 Å². The summed E-state index contributed by atoms with van der Waals surface area (Å²) in [7, 11) is 1.49. The van der Waals surface area contributed by atoms with Crippen LogP contribution in [0.5, 0.6) is 11.5 Å². The van der Waals surface area contributed by atoms with Gasteiger partial charge in [0.2, 0.25) is 5.89 Å². The molecule has 1 unspecified atom stereocenters. The number of hydrogen-bond acceptors (Lipinski definition) is 5. The number of alkyl halides is 3. The number of carboxylic acids is 1. The van der Waals surface area contributed by atoms with Crippen molar-refractivity contribution in [2.24, 2.45) is 0 Å². The first-order valence-electron chi connectivity index (χ1n) is 10.7. The zero-order chi connectivity index (χ0) is 25.0. The number of nitrogens with zero attached hydrogens (tertiary/aromatic N) is 1. The zero-order valence-corrected chi connectivity index (χ0v) is 19.3. The van der Waals surface area contributed by atoms with Crippen LogP contribution in [0.1, 0.15) is 55.2 Å². The van der Waals surface area contributed by atoms with Gasteiger partial charge in [0, 0.05) is 5.56 Å². The van der Waals surface area contributed by atoms with Gasteiger partial charge in [-0.05, 0) is 47.9 Å². The van der Waals surface area contributed by atoms with E-state index in [1.807, 2.05) is 20.8 Å². The van der Waals surface area contributed by atoms with Crippen molar-refractivity contribution in [1.29, 1.82) is 0 Å². The molecule has 6 nitrogen and oxygen atoms in total. The first-order valence-corrected chi connectivity index (χ1v) is 10.7. The molecule has 1 aromatic heterocycles. The molecule has 0 aliphatic carbocycles. The lowest BCUT2D eigenvalue weighted by Gasteiger charge is -2.16. The molecule has 1 heterocycles. The Morgan fingerprint density at radius 1 is 1.09 bits per heavy atom. The van der Waals surface area contributed by atoms with Crippen LogP contribution in [-0.2, 0) is 17.4 Å². The summed E-state index contributed by atoms with van der Waals surface area (Å²) in [5.74, 6) is 0.489. The van der Waals surface area contributed by atoms with Crippen LogP contribution in [0.15, 0.2) is 46.9 Å². The molecule has 0 fully saturated rings. The minimum atomic E-state index is -4.42. The Balaban J connectivity index is 1.83. The molecule has 0 saturated carbocycles. The van der Waals surface area contributed by atoms with E-state index in [9.17, 15) is 18.0 Å². The van der Waals surface area contributed by atoms with Crippen LogP contribution in [0.4, 0.5) is 13.2 Å². The molecule has 0 radical (unpaired) electrons. The van der Waals surface area contributed by atoms with Crippen molar-refractivity contribution in [3.05, 3.63) is 65.0 Å². The molecule has 0 bridgehead atoms. The van der Waals surface area contributed by atoms with Crippen molar-refractivity contribution in [3.63, 3.8) is 0 Å². The molecule has 182 valence electrons. The molecule has 3 rings (SSSR count). The van der Waals surface area contributed by atoms with Gasteiger partial charge in [-0.1, -0.05) is 26.8 Å². The van der Waals surface area contributed by atoms with Gasteiger partial charge in [-0.2, -0.15) is 13.2 Å². The zero-order valence-electron chi connectivity index (χ0n) is 19.3. The van der Waals surface area contributed by atoms with Gasteiger partial charge in [-0.3, -0.25) is 4.79 Å². The van der Waals surface area contributed by atoms with E-state index >= 15 is 0 Å². The molecule has 3 aromatic rings. The van der Waals surface area contributed by atoms with Gasteiger partial charge in [0.15, 0.2) is 11.5 Å². The minimum Gasteiger partial charge on any atom is -0.493 e. The molecule has 1 N–H and O–H groups in total. The highest BCUT2D eigenvalue weighted by Gasteiger charge is 2.30. The second kappa shape index (κ2) is 10.2. The Morgan fingerprint density at radius 3 is 2.32 bits per heavy atom. The number of aromatic nitrogens is 1. The summed E-state index contributed by atoms with van der Waals surface area (Å²) in [6.45, 7) is 5.97. The third-order valence-electron chi connectivity index (χ3n) is 5.21. The summed E-state index contributed by atoms with van der Waals surface area (Å²) in [6, 6.07) is 9.60. The van der Waals surface area contributed by atoms with Gasteiger partial charge in [0.25, 0.3) is 0 Å². The number of carboxylic acid groups (broad SMARTS) is 1. The smallest absolute Gasteiger partial charge is 0.416 e. The van der Waals surface area contributed by atoms with Crippen LogP contribution < -0.4 is 9.47 Å². The maximum atomic E-state index is 12.9. The summed E-state index contributed by atoms with van der Waals surface area (Å²) in [5.41, 5.74) is 0.964. The Bertz CT molecular complexity index is 1140. The molecular formula is C25H26F3NO5. The summed E-state index contributed by atoms with van der Waals surface area (Å²) in [4.78, 5) is 15.6. The highest BCUT2D eigenvalue weighted by atomic mass is 19.4. The van der Waals surface area contributed by atoms with Crippen molar-refractivity contribution in [1.82, 2.24) is 4.98 Å². The van der Waals surface area contributed by atoms with E-state index in [1.54, 1.807) is 18.2 Å².